The Bertz CT molecular complexity index is 1150. The summed E-state index contributed by atoms with van der Waals surface area (Å²) < 4.78 is 39.8. The van der Waals surface area contributed by atoms with Crippen molar-refractivity contribution in [2.24, 2.45) is 0 Å². The molecule has 0 amide bonds. The molecular formula is C60H113NO11. The molecule has 424 valence electrons. The second-order valence-corrected chi connectivity index (χ2v) is 18.6. The monoisotopic (exact) mass is 1020 g/mol. The van der Waals surface area contributed by atoms with Crippen molar-refractivity contribution in [3.8, 4) is 0 Å². The van der Waals surface area contributed by atoms with Crippen LogP contribution in [0.3, 0.4) is 0 Å². The fraction of sp³-hybridized carbons (Fsp3) is 0.833. The zero-order valence-electron chi connectivity index (χ0n) is 47.1. The van der Waals surface area contributed by atoms with Gasteiger partial charge in [0.1, 0.15) is 12.4 Å². The lowest BCUT2D eigenvalue weighted by Crippen LogP contribution is -2.31. The molecule has 0 bridgehead atoms. The van der Waals surface area contributed by atoms with Crippen molar-refractivity contribution in [2.75, 3.05) is 86.2 Å². The van der Waals surface area contributed by atoms with Gasteiger partial charge in [-0.05, 0) is 142 Å². The van der Waals surface area contributed by atoms with Gasteiger partial charge in [0, 0.05) is 66.0 Å². The quantitative estimate of drug-likeness (QED) is 0.0197. The summed E-state index contributed by atoms with van der Waals surface area (Å²) in [5, 5.41) is 18.5. The summed E-state index contributed by atoms with van der Waals surface area (Å²) in [7, 11) is 1.75. The molecule has 0 rings (SSSR count). The van der Waals surface area contributed by atoms with Gasteiger partial charge in [-0.25, -0.2) is 0 Å². The van der Waals surface area contributed by atoms with E-state index in [0.717, 1.165) is 174 Å². The van der Waals surface area contributed by atoms with Crippen molar-refractivity contribution in [3.63, 3.8) is 0 Å². The minimum Gasteiger partial charge on any atom is -0.466 e. The first-order valence-corrected chi connectivity index (χ1v) is 29.2. The lowest BCUT2D eigenvalue weighted by Gasteiger charge is -2.22. The maximum absolute atomic E-state index is 12.5. The van der Waals surface area contributed by atoms with Crippen molar-refractivity contribution < 1.29 is 53.0 Å². The molecule has 2 N–H and O–H groups in total. The van der Waals surface area contributed by atoms with Crippen LogP contribution in [0, 0.1) is 0 Å². The number of hydrogen-bond donors (Lipinski definition) is 2. The van der Waals surface area contributed by atoms with E-state index in [1.807, 2.05) is 0 Å². The Morgan fingerprint density at radius 1 is 0.472 bits per heavy atom. The minimum atomic E-state index is -0.810. The van der Waals surface area contributed by atoms with E-state index in [4.69, 9.17) is 38.3 Å². The summed E-state index contributed by atoms with van der Waals surface area (Å²) in [5.74, 6) is -0.172. The maximum atomic E-state index is 12.5. The summed E-state index contributed by atoms with van der Waals surface area (Å²) >= 11 is 0. The van der Waals surface area contributed by atoms with Gasteiger partial charge in [-0.3, -0.25) is 4.79 Å². The summed E-state index contributed by atoms with van der Waals surface area (Å²) in [6, 6.07) is 0. The summed E-state index contributed by atoms with van der Waals surface area (Å²) in [6.07, 6.45) is 47.8. The Hall–Kier alpha value is -2.26. The largest absolute Gasteiger partial charge is 0.466 e. The van der Waals surface area contributed by atoms with E-state index >= 15 is 0 Å². The topological polar surface area (TPSA) is 142 Å². The Morgan fingerprint density at radius 2 is 0.875 bits per heavy atom. The summed E-state index contributed by atoms with van der Waals surface area (Å²) in [4.78, 5) is 25.4. The van der Waals surface area contributed by atoms with Crippen LogP contribution in [0.2, 0.25) is 0 Å². The van der Waals surface area contributed by atoms with Crippen LogP contribution in [-0.4, -0.2) is 132 Å². The fourth-order valence-corrected chi connectivity index (χ4v) is 7.46. The molecule has 0 aliphatic rings. The summed E-state index contributed by atoms with van der Waals surface area (Å²) in [5.41, 5.74) is 0. The zero-order valence-corrected chi connectivity index (χ0v) is 47.1. The number of esters is 1. The number of nitrogens with zero attached hydrogens (tertiary/aromatic N) is 1. The molecule has 0 spiro atoms. The number of rotatable bonds is 56. The van der Waals surface area contributed by atoms with Crippen molar-refractivity contribution >= 4 is 12.3 Å². The average Bonchev–Trinajstić information content (AvgIpc) is 3.39. The third-order valence-corrected chi connectivity index (χ3v) is 11.8. The van der Waals surface area contributed by atoms with Gasteiger partial charge in [0.2, 0.25) is 0 Å². The van der Waals surface area contributed by atoms with E-state index < -0.39 is 6.10 Å². The van der Waals surface area contributed by atoms with Gasteiger partial charge in [-0.15, -0.1) is 0 Å². The predicted molar refractivity (Wildman–Crippen MR) is 298 cm³/mol. The zero-order chi connectivity index (χ0) is 52.9. The molecule has 0 aromatic heterocycles. The predicted octanol–water partition coefficient (Wildman–Crippen LogP) is 13.8. The molecular weight excluding hydrogens is 911 g/mol. The molecule has 0 aromatic carbocycles. The number of aldehydes is 1. The summed E-state index contributed by atoms with van der Waals surface area (Å²) in [6.45, 7) is 16.0. The van der Waals surface area contributed by atoms with Crippen LogP contribution in [0.25, 0.3) is 0 Å². The molecule has 72 heavy (non-hydrogen) atoms. The van der Waals surface area contributed by atoms with Gasteiger partial charge in [-0.1, -0.05) is 115 Å². The third kappa shape index (κ3) is 58.6. The molecule has 12 heteroatoms. The fourth-order valence-electron chi connectivity index (χ4n) is 7.46. The van der Waals surface area contributed by atoms with E-state index in [0.29, 0.717) is 65.3 Å². The van der Waals surface area contributed by atoms with Crippen LogP contribution in [0.1, 0.15) is 220 Å². The van der Waals surface area contributed by atoms with Gasteiger partial charge in [0.25, 0.3) is 0 Å². The van der Waals surface area contributed by atoms with Gasteiger partial charge in [0.05, 0.1) is 32.8 Å². The van der Waals surface area contributed by atoms with E-state index in [1.54, 1.807) is 7.11 Å². The molecule has 0 saturated heterocycles. The first-order chi connectivity index (χ1) is 35.4. The Kier molecular flexibility index (Phi) is 62.9. The lowest BCUT2D eigenvalue weighted by atomic mass is 10.1. The number of ether oxygens (including phenoxy) is 7. The molecule has 0 aromatic rings. The van der Waals surface area contributed by atoms with Crippen molar-refractivity contribution in [1.82, 2.24) is 4.90 Å². The van der Waals surface area contributed by atoms with Crippen molar-refractivity contribution in [3.05, 3.63) is 48.6 Å². The number of carbonyl (C=O) groups is 2. The van der Waals surface area contributed by atoms with E-state index in [2.05, 4.69) is 81.2 Å². The van der Waals surface area contributed by atoms with Gasteiger partial charge in [-0.2, -0.15) is 0 Å². The van der Waals surface area contributed by atoms with Crippen LogP contribution in [0.15, 0.2) is 48.6 Å². The average molecular weight is 1020 g/mol. The number of unbranched alkanes of at least 4 members (excludes halogenated alkanes) is 16. The molecule has 0 radical (unpaired) electrons. The second-order valence-electron chi connectivity index (χ2n) is 18.6. The van der Waals surface area contributed by atoms with E-state index in [9.17, 15) is 14.7 Å². The molecule has 12 nitrogen and oxygen atoms in total. The van der Waals surface area contributed by atoms with Crippen molar-refractivity contribution in [2.45, 2.75) is 239 Å². The highest BCUT2D eigenvalue weighted by Crippen LogP contribution is 2.13. The number of hydrogen-bond acceptors (Lipinski definition) is 12. The molecule has 0 aliphatic heterocycles. The number of carbonyl (C=O) groups excluding carboxylic acids is 2. The Morgan fingerprint density at radius 3 is 1.29 bits per heavy atom. The van der Waals surface area contributed by atoms with E-state index in [-0.39, 0.29) is 31.8 Å². The smallest absolute Gasteiger partial charge is 0.305 e. The number of allylic oxidation sites excluding steroid dienone is 8. The van der Waals surface area contributed by atoms with Crippen LogP contribution in [-0.2, 0) is 42.7 Å². The van der Waals surface area contributed by atoms with Gasteiger partial charge >= 0.3 is 5.97 Å². The highest BCUT2D eigenvalue weighted by Gasteiger charge is 2.14. The molecule has 1 unspecified atom stereocenters. The van der Waals surface area contributed by atoms with Crippen LogP contribution in [0.5, 0.6) is 0 Å². The van der Waals surface area contributed by atoms with E-state index in [1.165, 1.54) is 25.7 Å². The Labute approximate surface area is 442 Å². The molecule has 0 aliphatic carbocycles. The third-order valence-electron chi connectivity index (χ3n) is 11.8. The highest BCUT2D eigenvalue weighted by molar-refractivity contribution is 5.69. The van der Waals surface area contributed by atoms with Gasteiger partial charge < -0.3 is 53.1 Å². The lowest BCUT2D eigenvalue weighted by molar-refractivity contribution is -0.159. The Balaban J connectivity index is 0. The number of methoxy groups -OCH3 is 1. The van der Waals surface area contributed by atoms with Crippen LogP contribution >= 0.6 is 0 Å². The second kappa shape index (κ2) is 63.0. The minimum absolute atomic E-state index is 0.172. The first-order valence-electron chi connectivity index (χ1n) is 29.2. The van der Waals surface area contributed by atoms with Crippen molar-refractivity contribution in [1.29, 1.82) is 0 Å². The molecule has 0 heterocycles. The standard InChI is InChI=1S/C40H77NO8.C20H36O3/c1-4-6-8-10-17-24-33-48-40(49-34-25-18-11-9-7-5-2)27-26-39(44)47-32-23-19-13-15-21-29-41(30-35-46-37-38(43)36-42)28-20-14-12-16-22-31-45-3;1-3-5-7-9-11-13-18-22-20(16-15-17-21)23-19-14-12-10-8-6-4-2/h6-9,38,40,42-43H,4-5,10-37H2,1-3H3;5-8,17,20H,3-4,9-16,18-19H2,1-2H3/b8-6-,9-7-;7-5-,8-6-. The molecule has 1 atom stereocenters. The molecule has 0 fully saturated rings. The van der Waals surface area contributed by atoms with Crippen LogP contribution in [0.4, 0.5) is 0 Å². The molecule has 0 saturated carbocycles. The first kappa shape index (κ1) is 71.8. The SMILES string of the molecule is CC/C=C\CCCCOC(CCC(=O)OCCCCCCCN(CCCCCCCOC)CCOCC(O)CO)OCCCC/C=C\CC.CC/C=C\CCCCOC(CCC=O)OCCCC/C=C\CC. The maximum Gasteiger partial charge on any atom is 0.305 e. The highest BCUT2D eigenvalue weighted by atomic mass is 16.7. The number of aliphatic hydroxyl groups excluding tert-OH is 2. The number of aliphatic hydroxyl groups is 2. The van der Waals surface area contributed by atoms with Gasteiger partial charge in [0.15, 0.2) is 12.6 Å². The van der Waals surface area contributed by atoms with Crippen LogP contribution < -0.4 is 0 Å². The normalized spacial score (nSPS) is 12.5.